The summed E-state index contributed by atoms with van der Waals surface area (Å²) in [4.78, 5) is 31.0. The second-order valence-corrected chi connectivity index (χ2v) is 8.22. The summed E-state index contributed by atoms with van der Waals surface area (Å²) in [6.45, 7) is 3.65. The van der Waals surface area contributed by atoms with Gasteiger partial charge in [-0.2, -0.15) is 0 Å². The molecule has 2 fully saturated rings. The molecule has 2 aliphatic rings. The number of benzene rings is 1. The number of aromatic nitrogens is 2. The van der Waals surface area contributed by atoms with E-state index in [1.165, 1.54) is 11.3 Å². The Kier molecular flexibility index (Phi) is 5.18. The van der Waals surface area contributed by atoms with Gasteiger partial charge in [0.1, 0.15) is 5.01 Å². The van der Waals surface area contributed by atoms with Crippen molar-refractivity contribution in [1.29, 1.82) is 0 Å². The van der Waals surface area contributed by atoms with Crippen LogP contribution in [0, 0.1) is 5.92 Å². The van der Waals surface area contributed by atoms with Crippen LogP contribution in [-0.2, 0) is 16.0 Å². The van der Waals surface area contributed by atoms with E-state index in [1.54, 1.807) is 4.90 Å². The van der Waals surface area contributed by atoms with Crippen molar-refractivity contribution in [1.82, 2.24) is 20.0 Å². The van der Waals surface area contributed by atoms with Gasteiger partial charge in [0.05, 0.1) is 5.92 Å². The van der Waals surface area contributed by atoms with Crippen LogP contribution in [0.3, 0.4) is 0 Å². The van der Waals surface area contributed by atoms with E-state index in [1.807, 2.05) is 35.2 Å². The van der Waals surface area contributed by atoms with Crippen LogP contribution in [0.1, 0.15) is 17.0 Å². The zero-order valence-corrected chi connectivity index (χ0v) is 16.2. The third kappa shape index (κ3) is 4.01. The molecule has 0 radical (unpaired) electrons. The van der Waals surface area contributed by atoms with Crippen LogP contribution in [-0.4, -0.2) is 71.6 Å². The van der Waals surface area contributed by atoms with Crippen molar-refractivity contribution >= 4 is 28.3 Å². The summed E-state index contributed by atoms with van der Waals surface area (Å²) in [5.74, 6) is -0.222. The Balaban J connectivity index is 1.40. The van der Waals surface area contributed by atoms with Crippen LogP contribution < -0.4 is 4.90 Å². The van der Waals surface area contributed by atoms with Crippen molar-refractivity contribution in [2.75, 3.05) is 44.7 Å². The fourth-order valence-corrected chi connectivity index (χ4v) is 4.44. The van der Waals surface area contributed by atoms with Gasteiger partial charge < -0.3 is 9.80 Å². The monoisotopic (exact) mass is 385 g/mol. The van der Waals surface area contributed by atoms with E-state index in [4.69, 9.17) is 0 Å². The van der Waals surface area contributed by atoms with Gasteiger partial charge in [-0.15, -0.1) is 10.2 Å². The van der Waals surface area contributed by atoms with Gasteiger partial charge in [-0.3, -0.25) is 14.5 Å². The molecule has 8 heteroatoms. The quantitative estimate of drug-likeness (QED) is 0.792. The number of carbonyl (C=O) groups excluding carboxylic acids is 2. The Morgan fingerprint density at radius 3 is 2.63 bits per heavy atom. The van der Waals surface area contributed by atoms with Crippen molar-refractivity contribution < 1.29 is 9.59 Å². The van der Waals surface area contributed by atoms with Crippen LogP contribution in [0.5, 0.6) is 0 Å². The van der Waals surface area contributed by atoms with Crippen molar-refractivity contribution in [3.8, 4) is 0 Å². The van der Waals surface area contributed by atoms with E-state index in [9.17, 15) is 9.59 Å². The molecule has 2 saturated heterocycles. The van der Waals surface area contributed by atoms with Gasteiger partial charge in [0.15, 0.2) is 0 Å². The second kappa shape index (κ2) is 7.74. The highest BCUT2D eigenvalue weighted by molar-refractivity contribution is 7.15. The largest absolute Gasteiger partial charge is 0.340 e. The van der Waals surface area contributed by atoms with E-state index < -0.39 is 0 Å². The molecule has 142 valence electrons. The highest BCUT2D eigenvalue weighted by atomic mass is 32.1. The average Bonchev–Trinajstić information content (AvgIpc) is 3.29. The Bertz CT molecular complexity index is 817. The number of nitrogens with zero attached hydrogens (tertiary/aromatic N) is 5. The summed E-state index contributed by atoms with van der Waals surface area (Å²) in [5.41, 5.74) is 1.16. The number of carbonyl (C=O) groups is 2. The maximum atomic E-state index is 12.8. The zero-order chi connectivity index (χ0) is 18.8. The molecule has 1 aromatic heterocycles. The molecule has 1 atom stereocenters. The topological polar surface area (TPSA) is 69.6 Å². The van der Waals surface area contributed by atoms with Crippen molar-refractivity contribution in [2.24, 2.45) is 5.92 Å². The highest BCUT2D eigenvalue weighted by Gasteiger charge is 2.39. The molecule has 1 unspecified atom stereocenters. The van der Waals surface area contributed by atoms with Gasteiger partial charge in [-0.05, 0) is 12.6 Å². The van der Waals surface area contributed by atoms with Gasteiger partial charge in [0, 0.05) is 45.6 Å². The van der Waals surface area contributed by atoms with E-state index in [2.05, 4.69) is 22.1 Å². The fraction of sp³-hybridized carbons (Fsp3) is 0.474. The lowest BCUT2D eigenvalue weighted by molar-refractivity contribution is -0.137. The minimum absolute atomic E-state index is 0.0371. The average molecular weight is 385 g/mol. The van der Waals surface area contributed by atoms with Crippen molar-refractivity contribution in [3.63, 3.8) is 0 Å². The van der Waals surface area contributed by atoms with E-state index in [0.717, 1.165) is 36.8 Å². The summed E-state index contributed by atoms with van der Waals surface area (Å²) in [6.07, 6.45) is 0.961. The number of anilines is 1. The number of hydrogen-bond donors (Lipinski definition) is 0. The molecule has 0 N–H and O–H groups in total. The standard InChI is InChI=1S/C19H23N5O2S/c1-22-7-9-23(10-8-22)18(26)15-12-17(25)24(13-15)19-21-20-16(27-19)11-14-5-3-2-4-6-14/h2-6,15H,7-13H2,1H3. The molecule has 1 aromatic carbocycles. The Morgan fingerprint density at radius 1 is 1.15 bits per heavy atom. The molecule has 4 rings (SSSR count). The van der Waals surface area contributed by atoms with Gasteiger partial charge >= 0.3 is 0 Å². The summed E-state index contributed by atoms with van der Waals surface area (Å²) in [7, 11) is 2.06. The third-order valence-corrected chi connectivity index (χ3v) is 6.12. The maximum Gasteiger partial charge on any atom is 0.229 e. The lowest BCUT2D eigenvalue weighted by atomic mass is 10.1. The van der Waals surface area contributed by atoms with Gasteiger partial charge in [-0.1, -0.05) is 41.7 Å². The Labute approximate surface area is 162 Å². The van der Waals surface area contributed by atoms with Gasteiger partial charge in [0.25, 0.3) is 0 Å². The molecule has 0 saturated carbocycles. The third-order valence-electron chi connectivity index (χ3n) is 5.17. The Morgan fingerprint density at radius 2 is 1.89 bits per heavy atom. The SMILES string of the molecule is CN1CCN(C(=O)C2CC(=O)N(c3nnc(Cc4ccccc4)s3)C2)CC1. The van der Waals surface area contributed by atoms with Crippen LogP contribution in [0.2, 0.25) is 0 Å². The van der Waals surface area contributed by atoms with Crippen LogP contribution in [0.15, 0.2) is 30.3 Å². The number of piperazine rings is 1. The molecule has 0 bridgehead atoms. The highest BCUT2D eigenvalue weighted by Crippen LogP contribution is 2.29. The molecule has 27 heavy (non-hydrogen) atoms. The lowest BCUT2D eigenvalue weighted by Crippen LogP contribution is -2.49. The minimum Gasteiger partial charge on any atom is -0.340 e. The van der Waals surface area contributed by atoms with Gasteiger partial charge in [0.2, 0.25) is 16.9 Å². The lowest BCUT2D eigenvalue weighted by Gasteiger charge is -2.33. The summed E-state index contributed by atoms with van der Waals surface area (Å²) in [6, 6.07) is 10.1. The molecular weight excluding hydrogens is 362 g/mol. The fourth-order valence-electron chi connectivity index (χ4n) is 3.54. The van der Waals surface area contributed by atoms with Crippen molar-refractivity contribution in [3.05, 3.63) is 40.9 Å². The molecular formula is C19H23N5O2S. The van der Waals surface area contributed by atoms with Crippen LogP contribution in [0.4, 0.5) is 5.13 Å². The minimum atomic E-state index is -0.276. The number of amides is 2. The van der Waals surface area contributed by atoms with Crippen LogP contribution >= 0.6 is 11.3 Å². The van der Waals surface area contributed by atoms with Crippen molar-refractivity contribution in [2.45, 2.75) is 12.8 Å². The van der Waals surface area contributed by atoms with E-state index in [-0.39, 0.29) is 24.2 Å². The van der Waals surface area contributed by atoms with Gasteiger partial charge in [-0.25, -0.2) is 0 Å². The molecule has 0 spiro atoms. The Hall–Kier alpha value is -2.32. The van der Waals surface area contributed by atoms with Crippen LogP contribution in [0.25, 0.3) is 0 Å². The first kappa shape index (κ1) is 18.1. The molecule has 0 aliphatic carbocycles. The van der Waals surface area contributed by atoms with E-state index in [0.29, 0.717) is 18.1 Å². The normalized spacial score (nSPS) is 21.1. The van der Waals surface area contributed by atoms with E-state index >= 15 is 0 Å². The first-order valence-corrected chi connectivity index (χ1v) is 10.1. The molecule has 3 heterocycles. The summed E-state index contributed by atoms with van der Waals surface area (Å²) < 4.78 is 0. The summed E-state index contributed by atoms with van der Waals surface area (Å²) in [5, 5.41) is 9.91. The maximum absolute atomic E-state index is 12.8. The predicted molar refractivity (Wildman–Crippen MR) is 104 cm³/mol. The molecule has 2 aliphatic heterocycles. The molecule has 2 amide bonds. The first-order valence-electron chi connectivity index (χ1n) is 9.24. The second-order valence-electron chi connectivity index (χ2n) is 7.17. The number of hydrogen-bond acceptors (Lipinski definition) is 6. The smallest absolute Gasteiger partial charge is 0.229 e. The predicted octanol–water partition coefficient (Wildman–Crippen LogP) is 1.26. The number of rotatable bonds is 4. The summed E-state index contributed by atoms with van der Waals surface area (Å²) >= 11 is 1.43. The zero-order valence-electron chi connectivity index (χ0n) is 15.4. The molecule has 7 nitrogen and oxygen atoms in total. The number of likely N-dealkylation sites (N-methyl/N-ethyl adjacent to an activating group) is 1. The molecule has 2 aromatic rings. The first-order chi connectivity index (χ1) is 13.1.